The summed E-state index contributed by atoms with van der Waals surface area (Å²) in [6.07, 6.45) is 0.0265. The second kappa shape index (κ2) is 10.3. The first-order valence-corrected chi connectivity index (χ1v) is 13.3. The molecule has 0 radical (unpaired) electrons. The number of hydrogen-bond acceptors (Lipinski definition) is 7. The Bertz CT molecular complexity index is 1680. The zero-order valence-corrected chi connectivity index (χ0v) is 23.6. The van der Waals surface area contributed by atoms with Crippen LogP contribution in [0.2, 0.25) is 5.02 Å². The van der Waals surface area contributed by atoms with Gasteiger partial charge in [-0.15, -0.1) is 0 Å². The van der Waals surface area contributed by atoms with E-state index in [1.807, 2.05) is 0 Å². The zero-order chi connectivity index (χ0) is 28.1. The Morgan fingerprint density at radius 2 is 1.82 bits per heavy atom. The average Bonchev–Trinajstić information content (AvgIpc) is 3.40. The first kappa shape index (κ1) is 27.2. The molecular formula is C27H33ClN6O5. The third-order valence-corrected chi connectivity index (χ3v) is 7.18. The molecule has 0 spiro atoms. The van der Waals surface area contributed by atoms with E-state index in [1.54, 1.807) is 63.7 Å². The maximum absolute atomic E-state index is 13.7. The number of aromatic nitrogens is 5. The van der Waals surface area contributed by atoms with Crippen LogP contribution in [-0.2, 0) is 36.5 Å². The number of fused-ring (bicyclic) bond motifs is 2. The molecule has 12 heteroatoms. The Hall–Kier alpha value is -3.41. The molecule has 1 aliphatic heterocycles. The van der Waals surface area contributed by atoms with Crippen molar-refractivity contribution < 1.29 is 14.3 Å². The molecule has 5 rings (SSSR count). The summed E-state index contributed by atoms with van der Waals surface area (Å²) in [7, 11) is 3.39. The molecule has 39 heavy (non-hydrogen) atoms. The number of carbonyl (C=O) groups excluding carboxylic acids is 1. The minimum absolute atomic E-state index is 0.138. The highest BCUT2D eigenvalue weighted by Crippen LogP contribution is 2.25. The van der Waals surface area contributed by atoms with E-state index in [4.69, 9.17) is 21.1 Å². The van der Waals surface area contributed by atoms with Crippen molar-refractivity contribution in [3.8, 4) is 0 Å². The SMILES string of the molecule is Cn1c(CCN2CCOCC2)nc2c1c(=O)n(Cc1cc3cc(Cl)ccc3n1C(=O)OC(C)(C)C)c(=O)n2C. The lowest BCUT2D eigenvalue weighted by molar-refractivity contribution is 0.0381. The van der Waals surface area contributed by atoms with E-state index in [2.05, 4.69) is 9.88 Å². The van der Waals surface area contributed by atoms with Gasteiger partial charge in [0.2, 0.25) is 0 Å². The summed E-state index contributed by atoms with van der Waals surface area (Å²) in [6.45, 7) is 9.09. The summed E-state index contributed by atoms with van der Waals surface area (Å²) < 4.78 is 16.7. The maximum atomic E-state index is 13.7. The molecule has 1 saturated heterocycles. The molecule has 4 heterocycles. The predicted molar refractivity (Wildman–Crippen MR) is 149 cm³/mol. The summed E-state index contributed by atoms with van der Waals surface area (Å²) in [5.41, 5.74) is -0.0769. The van der Waals surface area contributed by atoms with Crippen LogP contribution < -0.4 is 11.2 Å². The minimum atomic E-state index is -0.740. The number of morpholine rings is 1. The average molecular weight is 557 g/mol. The summed E-state index contributed by atoms with van der Waals surface area (Å²) in [6, 6.07) is 6.88. The number of benzene rings is 1. The van der Waals surface area contributed by atoms with Crippen molar-refractivity contribution in [3.05, 3.63) is 61.6 Å². The molecule has 0 aliphatic carbocycles. The van der Waals surface area contributed by atoms with Crippen LogP contribution in [0.15, 0.2) is 33.9 Å². The maximum Gasteiger partial charge on any atom is 0.419 e. The molecule has 0 amide bonds. The van der Waals surface area contributed by atoms with Crippen LogP contribution in [-0.4, -0.2) is 72.7 Å². The predicted octanol–water partition coefficient (Wildman–Crippen LogP) is 2.75. The van der Waals surface area contributed by atoms with Gasteiger partial charge in [0.15, 0.2) is 11.2 Å². The highest BCUT2D eigenvalue weighted by molar-refractivity contribution is 6.31. The summed E-state index contributed by atoms with van der Waals surface area (Å²) >= 11 is 6.21. The third-order valence-electron chi connectivity index (χ3n) is 6.94. The summed E-state index contributed by atoms with van der Waals surface area (Å²) in [5, 5.41) is 1.20. The quantitative estimate of drug-likeness (QED) is 0.372. The number of imidazole rings is 1. The van der Waals surface area contributed by atoms with Gasteiger partial charge >= 0.3 is 11.8 Å². The largest absolute Gasteiger partial charge is 0.443 e. The van der Waals surface area contributed by atoms with Crippen LogP contribution in [0.4, 0.5) is 4.79 Å². The lowest BCUT2D eigenvalue weighted by Crippen LogP contribution is -2.40. The molecule has 11 nitrogen and oxygen atoms in total. The molecule has 0 unspecified atom stereocenters. The van der Waals surface area contributed by atoms with Crippen LogP contribution in [0, 0.1) is 0 Å². The Morgan fingerprint density at radius 1 is 1.10 bits per heavy atom. The second-order valence-corrected chi connectivity index (χ2v) is 11.3. The molecule has 0 atom stereocenters. The topological polar surface area (TPSA) is 106 Å². The molecule has 3 aromatic heterocycles. The Morgan fingerprint density at radius 3 is 2.51 bits per heavy atom. The number of aryl methyl sites for hydroxylation is 2. The molecule has 4 aromatic rings. The van der Waals surface area contributed by atoms with E-state index >= 15 is 0 Å². The minimum Gasteiger partial charge on any atom is -0.443 e. The lowest BCUT2D eigenvalue weighted by atomic mass is 10.2. The second-order valence-electron chi connectivity index (χ2n) is 10.9. The summed E-state index contributed by atoms with van der Waals surface area (Å²) in [5.74, 6) is 0.721. The van der Waals surface area contributed by atoms with Gasteiger partial charge in [-0.25, -0.2) is 19.1 Å². The fourth-order valence-corrected chi connectivity index (χ4v) is 5.16. The molecule has 208 valence electrons. The van der Waals surface area contributed by atoms with Crippen LogP contribution in [0.1, 0.15) is 32.3 Å². The highest BCUT2D eigenvalue weighted by Gasteiger charge is 2.25. The monoisotopic (exact) mass is 556 g/mol. The zero-order valence-electron chi connectivity index (χ0n) is 22.9. The third kappa shape index (κ3) is 5.26. The van der Waals surface area contributed by atoms with Gasteiger partial charge in [0.05, 0.1) is 31.0 Å². The van der Waals surface area contributed by atoms with Gasteiger partial charge in [-0.05, 0) is 45.0 Å². The number of halogens is 1. The first-order chi connectivity index (χ1) is 18.4. The first-order valence-electron chi connectivity index (χ1n) is 12.9. The van der Waals surface area contributed by atoms with E-state index in [0.717, 1.165) is 30.0 Å². The van der Waals surface area contributed by atoms with Crippen molar-refractivity contribution in [3.63, 3.8) is 0 Å². The normalized spacial score (nSPS) is 14.9. The number of rotatable bonds is 5. The van der Waals surface area contributed by atoms with Crippen molar-refractivity contribution in [2.24, 2.45) is 14.1 Å². The van der Waals surface area contributed by atoms with Gasteiger partial charge in [0.1, 0.15) is 11.4 Å². The van der Waals surface area contributed by atoms with E-state index in [0.29, 0.717) is 52.4 Å². The van der Waals surface area contributed by atoms with Crippen LogP contribution in [0.25, 0.3) is 22.1 Å². The van der Waals surface area contributed by atoms with Crippen molar-refractivity contribution in [2.45, 2.75) is 39.3 Å². The number of carbonyl (C=O) groups is 1. The van der Waals surface area contributed by atoms with Crippen LogP contribution in [0.5, 0.6) is 0 Å². The molecular weight excluding hydrogens is 524 g/mol. The van der Waals surface area contributed by atoms with E-state index in [-0.39, 0.29) is 6.54 Å². The number of ether oxygens (including phenoxy) is 2. The molecule has 1 aromatic carbocycles. The van der Waals surface area contributed by atoms with Crippen molar-refractivity contribution in [2.75, 3.05) is 32.8 Å². The Labute approximate surface area is 230 Å². The molecule has 0 bridgehead atoms. The van der Waals surface area contributed by atoms with Gasteiger partial charge in [0, 0.05) is 50.6 Å². The number of hydrogen-bond donors (Lipinski definition) is 0. The molecule has 0 N–H and O–H groups in total. The highest BCUT2D eigenvalue weighted by atomic mass is 35.5. The Kier molecular flexibility index (Phi) is 7.17. The fourth-order valence-electron chi connectivity index (χ4n) is 4.98. The van der Waals surface area contributed by atoms with Crippen LogP contribution >= 0.6 is 11.6 Å². The van der Waals surface area contributed by atoms with E-state index in [1.165, 1.54) is 9.13 Å². The molecule has 1 fully saturated rings. The summed E-state index contributed by atoms with van der Waals surface area (Å²) in [4.78, 5) is 47.4. The van der Waals surface area contributed by atoms with Crippen molar-refractivity contribution in [1.82, 2.24) is 28.2 Å². The van der Waals surface area contributed by atoms with E-state index in [9.17, 15) is 14.4 Å². The smallest absolute Gasteiger partial charge is 0.419 e. The van der Waals surface area contributed by atoms with Crippen LogP contribution in [0.3, 0.4) is 0 Å². The fraction of sp³-hybridized carbons (Fsp3) is 0.481. The Balaban J connectivity index is 1.57. The molecule has 1 aliphatic rings. The lowest BCUT2D eigenvalue weighted by Gasteiger charge is -2.26. The standard InChI is InChI=1S/C27H33ClN6O5/c1-27(2,3)39-26(37)34-19(15-17-14-18(28)6-7-20(17)34)16-33-24(35)22-23(31(5)25(33)36)29-21(30(22)4)8-9-32-10-12-38-13-11-32/h6-7,14-15H,8-13,16H2,1-5H3. The van der Waals surface area contributed by atoms with Gasteiger partial charge in [-0.3, -0.25) is 18.8 Å². The van der Waals surface area contributed by atoms with E-state index < -0.39 is 22.9 Å². The number of nitrogens with zero attached hydrogens (tertiary/aromatic N) is 6. The van der Waals surface area contributed by atoms with Gasteiger partial charge in [0.25, 0.3) is 5.56 Å². The van der Waals surface area contributed by atoms with Crippen molar-refractivity contribution >= 4 is 39.8 Å². The van der Waals surface area contributed by atoms with Crippen molar-refractivity contribution in [1.29, 1.82) is 0 Å². The van der Waals surface area contributed by atoms with Gasteiger partial charge < -0.3 is 14.0 Å². The molecule has 0 saturated carbocycles. The van der Waals surface area contributed by atoms with Gasteiger partial charge in [-0.1, -0.05) is 11.6 Å². The van der Waals surface area contributed by atoms with Gasteiger partial charge in [-0.2, -0.15) is 0 Å².